The summed E-state index contributed by atoms with van der Waals surface area (Å²) in [7, 11) is 0. The second kappa shape index (κ2) is 5.89. The van der Waals surface area contributed by atoms with Crippen LogP contribution < -0.4 is 0 Å². The van der Waals surface area contributed by atoms with Crippen molar-refractivity contribution in [1.29, 1.82) is 5.26 Å². The van der Waals surface area contributed by atoms with Crippen molar-refractivity contribution in [3.05, 3.63) is 0 Å². The molecule has 1 fully saturated rings. The van der Waals surface area contributed by atoms with Gasteiger partial charge in [-0.1, -0.05) is 20.8 Å². The molecule has 1 aliphatic heterocycles. The third-order valence-electron chi connectivity index (χ3n) is 3.52. The molecule has 1 heterocycles. The number of nitriles is 1. The van der Waals surface area contributed by atoms with Gasteiger partial charge >= 0.3 is 0 Å². The van der Waals surface area contributed by atoms with Crippen LogP contribution in [-0.2, 0) is 4.79 Å². The molecule has 1 amide bonds. The zero-order valence-corrected chi connectivity index (χ0v) is 10.6. The van der Waals surface area contributed by atoms with E-state index in [9.17, 15) is 4.79 Å². The van der Waals surface area contributed by atoms with Gasteiger partial charge in [0.1, 0.15) is 0 Å². The van der Waals surface area contributed by atoms with Gasteiger partial charge in [0.05, 0.1) is 6.07 Å². The van der Waals surface area contributed by atoms with Gasteiger partial charge < -0.3 is 4.90 Å². The van der Waals surface area contributed by atoms with E-state index in [1.165, 1.54) is 0 Å². The zero-order valence-electron chi connectivity index (χ0n) is 10.6. The van der Waals surface area contributed by atoms with Crippen molar-refractivity contribution in [1.82, 2.24) is 4.90 Å². The molecule has 3 heteroatoms. The molecule has 1 aliphatic rings. The van der Waals surface area contributed by atoms with E-state index in [1.54, 1.807) is 0 Å². The first-order valence-electron chi connectivity index (χ1n) is 6.28. The highest BCUT2D eigenvalue weighted by Gasteiger charge is 2.28. The molecule has 0 aliphatic carbocycles. The summed E-state index contributed by atoms with van der Waals surface area (Å²) in [6.07, 6.45) is 2.91. The van der Waals surface area contributed by atoms with E-state index in [2.05, 4.69) is 13.0 Å². The molecule has 0 radical (unpaired) electrons. The summed E-state index contributed by atoms with van der Waals surface area (Å²) in [5.41, 5.74) is 0. The predicted octanol–water partition coefficient (Wildman–Crippen LogP) is 2.43. The van der Waals surface area contributed by atoms with Crippen LogP contribution in [0.15, 0.2) is 0 Å². The van der Waals surface area contributed by atoms with Crippen LogP contribution in [-0.4, -0.2) is 23.9 Å². The van der Waals surface area contributed by atoms with Crippen LogP contribution in [0.4, 0.5) is 0 Å². The van der Waals surface area contributed by atoms with Crippen molar-refractivity contribution in [2.75, 3.05) is 13.1 Å². The van der Waals surface area contributed by atoms with Gasteiger partial charge in [0.2, 0.25) is 5.91 Å². The number of rotatable bonds is 3. The van der Waals surface area contributed by atoms with Crippen molar-refractivity contribution in [2.45, 2.75) is 40.0 Å². The monoisotopic (exact) mass is 222 g/mol. The predicted molar refractivity (Wildman–Crippen MR) is 63.5 cm³/mol. The fraction of sp³-hybridized carbons (Fsp3) is 0.846. The summed E-state index contributed by atoms with van der Waals surface area (Å²) in [6, 6.07) is 2.38. The Morgan fingerprint density at radius 2 is 2.00 bits per heavy atom. The molecule has 1 saturated heterocycles. The minimum absolute atomic E-state index is 0.0921. The third kappa shape index (κ3) is 2.98. The molecule has 0 bridgehead atoms. The lowest BCUT2D eigenvalue weighted by Crippen LogP contribution is -2.41. The van der Waals surface area contributed by atoms with Gasteiger partial charge in [-0.15, -0.1) is 0 Å². The van der Waals surface area contributed by atoms with Gasteiger partial charge in [-0.2, -0.15) is 5.26 Å². The van der Waals surface area contributed by atoms with Gasteiger partial charge in [0.25, 0.3) is 0 Å². The lowest BCUT2D eigenvalue weighted by atomic mass is 9.83. The summed E-state index contributed by atoms with van der Waals surface area (Å²) in [5, 5.41) is 9.01. The topological polar surface area (TPSA) is 44.1 Å². The van der Waals surface area contributed by atoms with E-state index >= 15 is 0 Å². The van der Waals surface area contributed by atoms with Gasteiger partial charge in [0.15, 0.2) is 0 Å². The molecule has 0 aromatic heterocycles. The number of nitrogens with zero attached hydrogens (tertiary/aromatic N) is 2. The van der Waals surface area contributed by atoms with Crippen LogP contribution in [0.2, 0.25) is 0 Å². The van der Waals surface area contributed by atoms with Gasteiger partial charge in [0, 0.05) is 24.9 Å². The Morgan fingerprint density at radius 3 is 2.38 bits per heavy atom. The van der Waals surface area contributed by atoms with Crippen LogP contribution in [0.5, 0.6) is 0 Å². The van der Waals surface area contributed by atoms with E-state index < -0.39 is 0 Å². The normalized spacial score (nSPS) is 19.6. The number of piperidine rings is 1. The Balaban J connectivity index is 2.46. The molecular formula is C13H22N2O. The summed E-state index contributed by atoms with van der Waals surface area (Å²) in [5.74, 6) is 1.01. The molecule has 1 atom stereocenters. The van der Waals surface area contributed by atoms with E-state index in [4.69, 9.17) is 5.26 Å². The Bertz CT molecular complexity index is 272. The van der Waals surface area contributed by atoms with E-state index in [0.29, 0.717) is 5.92 Å². The number of hydrogen-bond donors (Lipinski definition) is 0. The van der Waals surface area contributed by atoms with Crippen molar-refractivity contribution in [2.24, 2.45) is 17.8 Å². The maximum atomic E-state index is 11.8. The average Bonchev–Trinajstić information content (AvgIpc) is 2.30. The molecule has 0 N–H and O–H groups in total. The zero-order chi connectivity index (χ0) is 12.1. The minimum Gasteiger partial charge on any atom is -0.342 e. The summed E-state index contributed by atoms with van der Waals surface area (Å²) < 4.78 is 0. The third-order valence-corrected chi connectivity index (χ3v) is 3.52. The fourth-order valence-electron chi connectivity index (χ4n) is 2.42. The second-order valence-electron chi connectivity index (χ2n) is 4.96. The number of hydrogen-bond acceptors (Lipinski definition) is 2. The standard InChI is InChI=1S/C13H22N2O/c1-4-11(9-14)12-5-7-15(8-6-12)13(16)10(2)3/h10-12H,4-8H2,1-3H3. The largest absolute Gasteiger partial charge is 0.342 e. The highest BCUT2D eigenvalue weighted by molar-refractivity contribution is 5.78. The molecule has 1 rings (SSSR count). The smallest absolute Gasteiger partial charge is 0.225 e. The van der Waals surface area contributed by atoms with Crippen LogP contribution in [0, 0.1) is 29.1 Å². The SMILES string of the molecule is CCC(C#N)C1CCN(C(=O)C(C)C)CC1. The summed E-state index contributed by atoms with van der Waals surface area (Å²) in [6.45, 7) is 7.62. The minimum atomic E-state index is 0.0921. The number of carbonyl (C=O) groups excluding carboxylic acids is 1. The lowest BCUT2D eigenvalue weighted by molar-refractivity contribution is -0.136. The molecule has 0 saturated carbocycles. The number of likely N-dealkylation sites (tertiary alicyclic amines) is 1. The van der Waals surface area contributed by atoms with Crippen molar-refractivity contribution < 1.29 is 4.79 Å². The van der Waals surface area contributed by atoms with Gasteiger partial charge in [-0.25, -0.2) is 0 Å². The summed E-state index contributed by atoms with van der Waals surface area (Å²) in [4.78, 5) is 13.7. The molecule has 90 valence electrons. The molecule has 0 spiro atoms. The first-order chi connectivity index (χ1) is 7.60. The summed E-state index contributed by atoms with van der Waals surface area (Å²) >= 11 is 0. The van der Waals surface area contributed by atoms with Crippen molar-refractivity contribution in [3.63, 3.8) is 0 Å². The van der Waals surface area contributed by atoms with Crippen LogP contribution in [0.3, 0.4) is 0 Å². The Morgan fingerprint density at radius 1 is 1.44 bits per heavy atom. The first-order valence-corrected chi connectivity index (χ1v) is 6.28. The fourth-order valence-corrected chi connectivity index (χ4v) is 2.42. The van der Waals surface area contributed by atoms with E-state index in [1.807, 2.05) is 18.7 Å². The Labute approximate surface area is 98.4 Å². The highest BCUT2D eigenvalue weighted by Crippen LogP contribution is 2.27. The van der Waals surface area contributed by atoms with Crippen LogP contribution in [0.1, 0.15) is 40.0 Å². The second-order valence-corrected chi connectivity index (χ2v) is 4.96. The molecule has 0 aromatic rings. The van der Waals surface area contributed by atoms with Crippen molar-refractivity contribution >= 4 is 5.91 Å². The first kappa shape index (κ1) is 13.0. The van der Waals surface area contributed by atoms with E-state index in [-0.39, 0.29) is 17.7 Å². The van der Waals surface area contributed by atoms with Crippen LogP contribution >= 0.6 is 0 Å². The maximum absolute atomic E-state index is 11.8. The number of carbonyl (C=O) groups is 1. The number of amides is 1. The highest BCUT2D eigenvalue weighted by atomic mass is 16.2. The van der Waals surface area contributed by atoms with Gasteiger partial charge in [-0.3, -0.25) is 4.79 Å². The Hall–Kier alpha value is -1.04. The molecule has 16 heavy (non-hydrogen) atoms. The van der Waals surface area contributed by atoms with Crippen LogP contribution in [0.25, 0.3) is 0 Å². The van der Waals surface area contributed by atoms with Gasteiger partial charge in [-0.05, 0) is 25.2 Å². The average molecular weight is 222 g/mol. The quantitative estimate of drug-likeness (QED) is 0.736. The molecule has 3 nitrogen and oxygen atoms in total. The maximum Gasteiger partial charge on any atom is 0.225 e. The molecular weight excluding hydrogens is 200 g/mol. The lowest BCUT2D eigenvalue weighted by Gasteiger charge is -2.34. The molecule has 0 aromatic carbocycles. The van der Waals surface area contributed by atoms with Crippen molar-refractivity contribution in [3.8, 4) is 6.07 Å². The Kier molecular flexibility index (Phi) is 4.79. The molecule has 1 unspecified atom stereocenters. The van der Waals surface area contributed by atoms with E-state index in [0.717, 1.165) is 32.4 Å².